The summed E-state index contributed by atoms with van der Waals surface area (Å²) >= 11 is 4.89. The van der Waals surface area contributed by atoms with Crippen molar-refractivity contribution in [2.24, 2.45) is 5.73 Å². The average molecular weight is 244 g/mol. The van der Waals surface area contributed by atoms with E-state index >= 15 is 0 Å². The van der Waals surface area contributed by atoms with Crippen molar-refractivity contribution in [1.29, 1.82) is 0 Å². The summed E-state index contributed by atoms with van der Waals surface area (Å²) in [6, 6.07) is 0. The zero-order valence-corrected chi connectivity index (χ0v) is 10.9. The third-order valence-electron chi connectivity index (χ3n) is 2.59. The predicted octanol–water partition coefficient (Wildman–Crippen LogP) is 2.11. The summed E-state index contributed by atoms with van der Waals surface area (Å²) in [6.07, 6.45) is 3.11. The number of rotatable bonds is 3. The zero-order chi connectivity index (χ0) is 12.4. The van der Waals surface area contributed by atoms with Gasteiger partial charge in [-0.2, -0.15) is 0 Å². The van der Waals surface area contributed by atoms with Crippen molar-refractivity contribution in [3.63, 3.8) is 0 Å². The van der Waals surface area contributed by atoms with Crippen LogP contribution in [-0.2, 0) is 4.74 Å². The number of nitrogens with one attached hydrogen (secondary N) is 1. The lowest BCUT2D eigenvalue weighted by Crippen LogP contribution is -2.56. The maximum atomic E-state index is 11.6. The van der Waals surface area contributed by atoms with Gasteiger partial charge in [0.1, 0.15) is 5.60 Å². The highest BCUT2D eigenvalue weighted by Gasteiger charge is 2.39. The molecule has 5 heteroatoms. The van der Waals surface area contributed by atoms with Crippen LogP contribution in [0.2, 0.25) is 0 Å². The van der Waals surface area contributed by atoms with Crippen LogP contribution in [-0.4, -0.2) is 22.2 Å². The number of amides is 1. The van der Waals surface area contributed by atoms with Gasteiger partial charge in [0.15, 0.2) is 0 Å². The van der Waals surface area contributed by atoms with Crippen LogP contribution in [0.4, 0.5) is 4.79 Å². The smallest absolute Gasteiger partial charge is 0.408 e. The molecule has 0 unspecified atom stereocenters. The van der Waals surface area contributed by atoms with E-state index in [0.717, 1.165) is 19.3 Å². The first-order valence-electron chi connectivity index (χ1n) is 5.52. The number of alkyl carbamates (subject to hydrolysis) is 1. The molecule has 0 radical (unpaired) electrons. The molecule has 1 aliphatic rings. The second-order valence-corrected chi connectivity index (χ2v) is 5.93. The summed E-state index contributed by atoms with van der Waals surface area (Å²) in [5.74, 6) is 0. The number of thiocarbonyl (C=S) groups is 1. The number of carbonyl (C=O) groups excluding carboxylic acids is 1. The van der Waals surface area contributed by atoms with E-state index in [1.807, 2.05) is 20.8 Å². The minimum absolute atomic E-state index is 0.256. The summed E-state index contributed by atoms with van der Waals surface area (Å²) < 4.78 is 5.22. The normalized spacial score (nSPS) is 18.4. The van der Waals surface area contributed by atoms with E-state index in [-0.39, 0.29) is 11.6 Å². The third-order valence-corrected chi connectivity index (χ3v) is 2.73. The fourth-order valence-corrected chi connectivity index (χ4v) is 2.08. The molecular formula is C11H20N2O2S. The quantitative estimate of drug-likeness (QED) is 0.746. The van der Waals surface area contributed by atoms with Crippen LogP contribution >= 0.6 is 12.2 Å². The van der Waals surface area contributed by atoms with E-state index in [9.17, 15) is 4.79 Å². The number of carbonyl (C=O) groups is 1. The van der Waals surface area contributed by atoms with Crippen LogP contribution in [0.5, 0.6) is 0 Å². The molecule has 0 bridgehead atoms. The van der Waals surface area contributed by atoms with E-state index in [1.165, 1.54) is 0 Å². The summed E-state index contributed by atoms with van der Waals surface area (Å²) in [5, 5.41) is 2.89. The number of nitrogens with two attached hydrogens (primary N) is 1. The molecule has 3 N–H and O–H groups in total. The number of ether oxygens (including phenoxy) is 1. The van der Waals surface area contributed by atoms with Crippen LogP contribution in [0.15, 0.2) is 0 Å². The number of hydrogen-bond acceptors (Lipinski definition) is 3. The molecule has 16 heavy (non-hydrogen) atoms. The Bertz CT molecular complexity index is 293. The van der Waals surface area contributed by atoms with Crippen molar-refractivity contribution in [3.8, 4) is 0 Å². The molecule has 0 atom stereocenters. The van der Waals surface area contributed by atoms with Gasteiger partial charge in [0.25, 0.3) is 0 Å². The lowest BCUT2D eigenvalue weighted by Gasteiger charge is -2.42. The second kappa shape index (κ2) is 4.57. The highest BCUT2D eigenvalue weighted by atomic mass is 32.1. The Kier molecular flexibility index (Phi) is 3.78. The van der Waals surface area contributed by atoms with Crippen LogP contribution in [0, 0.1) is 0 Å². The molecular weight excluding hydrogens is 224 g/mol. The average Bonchev–Trinajstić information content (AvgIpc) is 1.95. The van der Waals surface area contributed by atoms with Crippen LogP contribution in [0.3, 0.4) is 0 Å². The molecule has 0 aliphatic heterocycles. The van der Waals surface area contributed by atoms with Crippen LogP contribution in [0.1, 0.15) is 46.5 Å². The molecule has 0 heterocycles. The molecule has 92 valence electrons. The lowest BCUT2D eigenvalue weighted by molar-refractivity contribution is 0.0392. The van der Waals surface area contributed by atoms with Gasteiger partial charge in [-0.15, -0.1) is 0 Å². The van der Waals surface area contributed by atoms with Gasteiger partial charge >= 0.3 is 6.09 Å². The topological polar surface area (TPSA) is 64.3 Å². The molecule has 4 nitrogen and oxygen atoms in total. The fourth-order valence-electron chi connectivity index (χ4n) is 1.80. The van der Waals surface area contributed by atoms with Gasteiger partial charge in [-0.25, -0.2) is 4.79 Å². The standard InChI is InChI=1S/C11H20N2O2S/c1-10(2,3)15-9(14)13-11(5-4-6-11)7-8(12)16/h4-7H2,1-3H3,(H2,12,16)(H,13,14). The fraction of sp³-hybridized carbons (Fsp3) is 0.818. The maximum Gasteiger partial charge on any atom is 0.408 e. The van der Waals surface area contributed by atoms with E-state index in [1.54, 1.807) is 0 Å². The van der Waals surface area contributed by atoms with Gasteiger partial charge < -0.3 is 15.8 Å². The Morgan fingerprint density at radius 2 is 2.06 bits per heavy atom. The molecule has 1 rings (SSSR count). The second-order valence-electron chi connectivity index (χ2n) is 5.40. The minimum atomic E-state index is -0.474. The molecule has 1 aliphatic carbocycles. The van der Waals surface area contributed by atoms with E-state index in [4.69, 9.17) is 22.7 Å². The molecule has 0 aromatic heterocycles. The third kappa shape index (κ3) is 3.96. The van der Waals surface area contributed by atoms with Crippen LogP contribution < -0.4 is 11.1 Å². The summed E-state index contributed by atoms with van der Waals surface area (Å²) in [4.78, 5) is 12.1. The van der Waals surface area contributed by atoms with E-state index < -0.39 is 5.60 Å². The Balaban J connectivity index is 2.50. The number of hydrogen-bond donors (Lipinski definition) is 2. The lowest BCUT2D eigenvalue weighted by atomic mass is 9.74. The Morgan fingerprint density at radius 3 is 2.38 bits per heavy atom. The molecule has 0 saturated heterocycles. The van der Waals surface area contributed by atoms with E-state index in [0.29, 0.717) is 11.4 Å². The van der Waals surface area contributed by atoms with Crippen molar-refractivity contribution in [2.75, 3.05) is 0 Å². The maximum absolute atomic E-state index is 11.6. The van der Waals surface area contributed by atoms with Gasteiger partial charge in [-0.1, -0.05) is 12.2 Å². The van der Waals surface area contributed by atoms with E-state index in [2.05, 4.69) is 5.32 Å². The predicted molar refractivity (Wildman–Crippen MR) is 67.4 cm³/mol. The molecule has 0 aromatic rings. The molecule has 0 spiro atoms. The minimum Gasteiger partial charge on any atom is -0.444 e. The Morgan fingerprint density at radius 1 is 1.50 bits per heavy atom. The first kappa shape index (κ1) is 13.2. The van der Waals surface area contributed by atoms with Gasteiger partial charge in [0.2, 0.25) is 0 Å². The van der Waals surface area contributed by atoms with Gasteiger partial charge in [-0.05, 0) is 40.0 Å². The van der Waals surface area contributed by atoms with Gasteiger partial charge in [0.05, 0.1) is 4.99 Å². The highest BCUT2D eigenvalue weighted by Crippen LogP contribution is 2.35. The molecule has 1 fully saturated rings. The van der Waals surface area contributed by atoms with Crippen molar-refractivity contribution < 1.29 is 9.53 Å². The zero-order valence-electron chi connectivity index (χ0n) is 10.1. The van der Waals surface area contributed by atoms with Crippen LogP contribution in [0.25, 0.3) is 0 Å². The molecule has 1 amide bonds. The molecule has 1 saturated carbocycles. The molecule has 0 aromatic carbocycles. The Labute approximate surface area is 102 Å². The largest absolute Gasteiger partial charge is 0.444 e. The summed E-state index contributed by atoms with van der Waals surface area (Å²) in [6.45, 7) is 5.52. The monoisotopic (exact) mass is 244 g/mol. The highest BCUT2D eigenvalue weighted by molar-refractivity contribution is 7.80. The Hall–Kier alpha value is -0.840. The van der Waals surface area contributed by atoms with Gasteiger partial charge in [-0.3, -0.25) is 0 Å². The van der Waals surface area contributed by atoms with Crippen molar-refractivity contribution in [1.82, 2.24) is 5.32 Å². The van der Waals surface area contributed by atoms with Crippen molar-refractivity contribution >= 4 is 23.3 Å². The first-order valence-corrected chi connectivity index (χ1v) is 5.93. The summed E-state index contributed by atoms with van der Waals surface area (Å²) in [7, 11) is 0. The van der Waals surface area contributed by atoms with Crippen molar-refractivity contribution in [2.45, 2.75) is 57.6 Å². The first-order chi connectivity index (χ1) is 7.22. The SMILES string of the molecule is CC(C)(C)OC(=O)NC1(CC(N)=S)CCC1. The van der Waals surface area contributed by atoms with Gasteiger partial charge in [0, 0.05) is 12.0 Å². The summed E-state index contributed by atoms with van der Waals surface area (Å²) in [5.41, 5.74) is 4.80. The van der Waals surface area contributed by atoms with Crippen molar-refractivity contribution in [3.05, 3.63) is 0 Å².